The number of nitrogens with zero attached hydrogens (tertiary/aromatic N) is 2. The van der Waals surface area contributed by atoms with Crippen LogP contribution in [-0.2, 0) is 43.5 Å². The van der Waals surface area contributed by atoms with Gasteiger partial charge in [-0.05, 0) is 84.3 Å². The minimum atomic E-state index is -1.30. The Morgan fingerprint density at radius 1 is 0.544 bits per heavy atom. The van der Waals surface area contributed by atoms with Crippen molar-refractivity contribution < 1.29 is 75.4 Å². The van der Waals surface area contributed by atoms with Crippen LogP contribution in [0.1, 0.15) is 181 Å². The summed E-state index contributed by atoms with van der Waals surface area (Å²) in [6.45, 7) is 34.7. The quantitative estimate of drug-likeness (QED) is 0.0521. The predicted molar refractivity (Wildman–Crippen MR) is 323 cm³/mol. The maximum absolute atomic E-state index is 12.1. The number of hydrogen-bond donors (Lipinski definition) is 5. The third-order valence-corrected chi connectivity index (χ3v) is 14.4. The molecule has 0 amide bonds. The summed E-state index contributed by atoms with van der Waals surface area (Å²) in [5, 5.41) is 39.5. The largest absolute Gasteiger partial charge is 1.00 e. The molecule has 3 aliphatic rings. The van der Waals surface area contributed by atoms with Gasteiger partial charge in [-0.1, -0.05) is 202 Å². The van der Waals surface area contributed by atoms with Crippen LogP contribution < -0.4 is 34.9 Å². The molecule has 0 bridgehead atoms. The zero-order valence-electron chi connectivity index (χ0n) is 52.0. The smallest absolute Gasteiger partial charge is 1.00 e. The Labute approximate surface area is 505 Å². The van der Waals surface area contributed by atoms with Gasteiger partial charge < -0.3 is 32.0 Å². The van der Waals surface area contributed by atoms with Crippen LogP contribution in [0.25, 0.3) is 0 Å². The molecule has 3 fully saturated rings. The third-order valence-electron chi connectivity index (χ3n) is 14.4. The number of ketones is 2. The van der Waals surface area contributed by atoms with Gasteiger partial charge in [-0.15, -0.1) is 0 Å². The van der Waals surface area contributed by atoms with Crippen molar-refractivity contribution >= 4 is 38.2 Å². The summed E-state index contributed by atoms with van der Waals surface area (Å²) in [4.78, 5) is 56.6. The van der Waals surface area contributed by atoms with Crippen molar-refractivity contribution in [2.75, 3.05) is 0 Å². The van der Waals surface area contributed by atoms with E-state index in [1.807, 2.05) is 19.9 Å². The maximum Gasteiger partial charge on any atom is 1.00 e. The summed E-state index contributed by atoms with van der Waals surface area (Å²) in [6.07, 6.45) is 5.48. The van der Waals surface area contributed by atoms with E-state index in [0.29, 0.717) is 90.4 Å². The molecule has 0 spiro atoms. The molecule has 3 saturated heterocycles. The number of aliphatic carboxylic acids is 2. The molecule has 5 N–H and O–H groups in total. The summed E-state index contributed by atoms with van der Waals surface area (Å²) in [5.41, 5.74) is 4.13. The van der Waals surface area contributed by atoms with Crippen LogP contribution in [-0.4, -0.2) is 117 Å². The summed E-state index contributed by atoms with van der Waals surface area (Å²) < 4.78 is 0. The van der Waals surface area contributed by atoms with Crippen molar-refractivity contribution in [3.05, 3.63) is 108 Å². The van der Waals surface area contributed by atoms with Crippen LogP contribution in [0.15, 0.2) is 91.0 Å². The fourth-order valence-corrected chi connectivity index (χ4v) is 9.94. The number of carboxylic acids is 2. The molecular formula is C65H108BN3NaO9. The van der Waals surface area contributed by atoms with E-state index >= 15 is 0 Å². The molecule has 0 aromatic heterocycles. The number of carbonyl (C=O) groups excluding carboxylic acids is 3. The first-order chi connectivity index (χ1) is 35.7. The predicted octanol–water partition coefficient (Wildman–Crippen LogP) is 9.34. The van der Waals surface area contributed by atoms with Gasteiger partial charge in [0.2, 0.25) is 0 Å². The zero-order valence-corrected chi connectivity index (χ0v) is 53.0. The van der Waals surface area contributed by atoms with Gasteiger partial charge in [-0.25, -0.2) is 0 Å². The minimum Gasteiger partial charge on any atom is -1.00 e. The second kappa shape index (κ2) is 43.2. The molecule has 14 heteroatoms. The van der Waals surface area contributed by atoms with Crippen molar-refractivity contribution in [1.82, 2.24) is 15.1 Å². The van der Waals surface area contributed by atoms with E-state index in [-0.39, 0.29) is 64.9 Å². The molecule has 3 aliphatic heterocycles. The number of benzene rings is 3. The number of piperidine rings is 3. The first-order valence-corrected chi connectivity index (χ1v) is 28.4. The van der Waals surface area contributed by atoms with Crippen LogP contribution in [0.5, 0.6) is 0 Å². The number of aliphatic hydroxyl groups is 2. The van der Waals surface area contributed by atoms with Gasteiger partial charge >= 0.3 is 41.5 Å². The molecule has 12 nitrogen and oxygen atoms in total. The van der Waals surface area contributed by atoms with Gasteiger partial charge in [-0.2, -0.15) is 0 Å². The first kappa shape index (κ1) is 79.7. The second-order valence-corrected chi connectivity index (χ2v) is 23.5. The molecule has 0 saturated carbocycles. The average molecular weight is 1110 g/mol. The van der Waals surface area contributed by atoms with Gasteiger partial charge in [0.25, 0.3) is 0 Å². The van der Waals surface area contributed by atoms with Crippen molar-refractivity contribution in [2.24, 2.45) is 41.4 Å². The maximum atomic E-state index is 12.1. The Hall–Kier alpha value is -3.53. The average Bonchev–Trinajstić information content (AvgIpc) is 3.35. The summed E-state index contributed by atoms with van der Waals surface area (Å²) in [5.74, 6) is 0.685. The van der Waals surface area contributed by atoms with E-state index in [1.165, 1.54) is 16.7 Å². The van der Waals surface area contributed by atoms with E-state index < -0.39 is 30.6 Å². The fourth-order valence-electron chi connectivity index (χ4n) is 9.94. The molecule has 6 atom stereocenters. The standard InChI is InChI=1S/C18H29NO.C18H27NO.C11H23NO.C8H10.C5H6O5.C4H8O.CH4.B.Na.H/c2*1-13(2)17-10-16(20)11-18(14(3)4)19(17)12-15-8-6-5-7-9-15;1-7(2)10-5-9(13)6-11(12-10)8(3)4;1-2-8-6-4-3-5-7-8;6-3(1-4(7)8)2-5(9)10;1-4(2)3-5;;;;/h5-9,13-14,16-18,20H,10-12H2,1-4H3;5-9,13-14,17-18H,10-12H2,1-4H3;7-13H,5-6H2,1-4H3;3-7H,2H2,1H3;1-2H2,(H,7,8)(H,9,10);3-4H,1-2H3;1H4;;;/q;;;;;;;;+1;-1. The van der Waals surface area contributed by atoms with E-state index in [9.17, 15) is 34.2 Å². The first-order valence-electron chi connectivity index (χ1n) is 28.4. The van der Waals surface area contributed by atoms with E-state index in [4.69, 9.17) is 10.2 Å². The van der Waals surface area contributed by atoms with Crippen LogP contribution in [0, 0.1) is 41.4 Å². The van der Waals surface area contributed by atoms with E-state index in [1.54, 1.807) is 0 Å². The molecule has 6 rings (SSSR count). The molecule has 79 heavy (non-hydrogen) atoms. The van der Waals surface area contributed by atoms with Gasteiger partial charge in [0, 0.05) is 76.5 Å². The number of aliphatic hydroxyl groups excluding tert-OH is 2. The van der Waals surface area contributed by atoms with Crippen LogP contribution in [0.3, 0.4) is 0 Å². The number of aldehydes is 1. The number of hydrogen-bond acceptors (Lipinski definition) is 10. The monoisotopic (exact) mass is 1110 g/mol. The van der Waals surface area contributed by atoms with Crippen LogP contribution >= 0.6 is 0 Å². The molecule has 3 aromatic carbocycles. The Morgan fingerprint density at radius 3 is 1.09 bits per heavy atom. The molecular weight excluding hydrogens is 1000 g/mol. The molecule has 6 unspecified atom stereocenters. The fraction of sp³-hybridized carbons (Fsp3) is 0.646. The molecule has 0 aliphatic carbocycles. The Bertz CT molecular complexity index is 1990. The van der Waals surface area contributed by atoms with E-state index in [2.05, 4.69) is 190 Å². The summed E-state index contributed by atoms with van der Waals surface area (Å²) in [7, 11) is 0. The summed E-state index contributed by atoms with van der Waals surface area (Å²) in [6, 6.07) is 34.5. The van der Waals surface area contributed by atoms with E-state index in [0.717, 1.165) is 51.5 Å². The molecule has 441 valence electrons. The van der Waals surface area contributed by atoms with Crippen molar-refractivity contribution in [3.8, 4) is 0 Å². The van der Waals surface area contributed by atoms with Gasteiger partial charge in [-0.3, -0.25) is 29.0 Å². The van der Waals surface area contributed by atoms with Crippen LogP contribution in [0.4, 0.5) is 0 Å². The second-order valence-electron chi connectivity index (χ2n) is 23.5. The number of carboxylic acid groups (broad SMARTS) is 2. The van der Waals surface area contributed by atoms with Gasteiger partial charge in [0.1, 0.15) is 24.9 Å². The number of rotatable bonds is 16. The van der Waals surface area contributed by atoms with Crippen molar-refractivity contribution in [1.29, 1.82) is 0 Å². The Balaban J connectivity index is -0.000000451. The number of Topliss-reactive ketones (excluding diaryl/α,β-unsaturated/α-hetero) is 2. The van der Waals surface area contributed by atoms with Gasteiger partial charge in [0.15, 0.2) is 5.78 Å². The normalized spacial score (nSPS) is 21.8. The van der Waals surface area contributed by atoms with Crippen molar-refractivity contribution in [3.63, 3.8) is 0 Å². The number of likely N-dealkylation sites (tertiary alicyclic amines) is 2. The molecule has 3 radical (unpaired) electrons. The number of aryl methyl sites for hydroxylation is 1. The number of nitrogens with one attached hydrogen (secondary N) is 1. The molecule has 3 aromatic rings. The number of carbonyl (C=O) groups is 5. The molecule has 3 heterocycles. The Morgan fingerprint density at radius 2 is 0.835 bits per heavy atom. The SMILES string of the molecule is C.CC(C)C1CC(=O)CC(C(C)C)N1Cc1ccccc1.CC(C)C1CC(O)CC(C(C)C)N1.CC(C)C1CC(O)CC(C(C)C)N1Cc1ccccc1.CC(C)C=O.CCc1ccccc1.O=C(O)CC(=O)CC(=O)O.[B].[H-].[Na+]. The Kier molecular flexibility index (Phi) is 43.6. The van der Waals surface area contributed by atoms with Crippen LogP contribution in [0.2, 0.25) is 0 Å². The topological polar surface area (TPSA) is 185 Å². The minimum absolute atomic E-state index is 0. The third kappa shape index (κ3) is 33.2. The summed E-state index contributed by atoms with van der Waals surface area (Å²) >= 11 is 0. The van der Waals surface area contributed by atoms with Crippen molar-refractivity contribution in [2.45, 2.75) is 231 Å². The van der Waals surface area contributed by atoms with Gasteiger partial charge in [0.05, 0.1) is 12.2 Å². The zero-order chi connectivity index (χ0) is 57.7.